The van der Waals surface area contributed by atoms with Gasteiger partial charge < -0.3 is 0 Å². The Morgan fingerprint density at radius 1 is 1.14 bits per heavy atom. The fraction of sp³-hybridized carbons (Fsp3) is 0.143. The average Bonchev–Trinajstić information content (AvgIpc) is 2.41. The van der Waals surface area contributed by atoms with Crippen LogP contribution in [0.2, 0.25) is 5.02 Å². The molecule has 2 rings (SSSR count). The monoisotopic (exact) mass is 451 g/mol. The molecule has 0 bridgehead atoms. The van der Waals surface area contributed by atoms with Crippen molar-refractivity contribution in [3.05, 3.63) is 62.0 Å². The summed E-state index contributed by atoms with van der Waals surface area (Å²) in [7, 11) is -3.66. The second-order valence-electron chi connectivity index (χ2n) is 4.44. The van der Waals surface area contributed by atoms with Gasteiger partial charge in [0.25, 0.3) is 0 Å². The summed E-state index contributed by atoms with van der Waals surface area (Å²) in [6.45, 7) is 1.75. The van der Waals surface area contributed by atoms with E-state index in [2.05, 4.69) is 36.6 Å². The van der Waals surface area contributed by atoms with Gasteiger partial charge in [-0.2, -0.15) is 0 Å². The summed E-state index contributed by atoms with van der Waals surface area (Å²) in [5.74, 6) is 0. The highest BCUT2D eigenvalue weighted by Crippen LogP contribution is 2.28. The van der Waals surface area contributed by atoms with Gasteiger partial charge >= 0.3 is 0 Å². The van der Waals surface area contributed by atoms with Crippen molar-refractivity contribution in [1.29, 1.82) is 0 Å². The van der Waals surface area contributed by atoms with E-state index >= 15 is 0 Å². The number of rotatable bonds is 4. The first-order valence-electron chi connectivity index (χ1n) is 6.03. The molecule has 0 radical (unpaired) electrons. The topological polar surface area (TPSA) is 46.2 Å². The summed E-state index contributed by atoms with van der Waals surface area (Å²) < 4.78 is 28.8. The summed E-state index contributed by atoms with van der Waals surface area (Å²) in [5, 5.41) is 0.529. The molecule has 0 fully saturated rings. The molecule has 0 saturated carbocycles. The third-order valence-electron chi connectivity index (χ3n) is 2.89. The summed E-state index contributed by atoms with van der Waals surface area (Å²) >= 11 is 12.6. The molecule has 0 aliphatic rings. The molecule has 0 aliphatic carbocycles. The highest BCUT2D eigenvalue weighted by molar-refractivity contribution is 9.11. The van der Waals surface area contributed by atoms with E-state index in [0.29, 0.717) is 14.0 Å². The molecule has 1 N–H and O–H groups in total. The maximum absolute atomic E-state index is 12.5. The highest BCUT2D eigenvalue weighted by atomic mass is 79.9. The van der Waals surface area contributed by atoms with Crippen LogP contribution in [-0.4, -0.2) is 8.42 Å². The van der Waals surface area contributed by atoms with Gasteiger partial charge in [0.2, 0.25) is 10.0 Å². The first-order chi connectivity index (χ1) is 9.81. The van der Waals surface area contributed by atoms with Crippen LogP contribution in [0.1, 0.15) is 18.5 Å². The van der Waals surface area contributed by atoms with Crippen molar-refractivity contribution in [3.8, 4) is 0 Å². The molecule has 1 unspecified atom stereocenters. The molecule has 21 heavy (non-hydrogen) atoms. The molecule has 7 heteroatoms. The molecular weight excluding hydrogens is 441 g/mol. The lowest BCUT2D eigenvalue weighted by molar-refractivity contribution is 0.566. The van der Waals surface area contributed by atoms with Gasteiger partial charge in [-0.3, -0.25) is 0 Å². The SMILES string of the molecule is CC(NS(=O)(=O)c1cc(Br)ccc1Br)c1ccccc1Cl. The van der Waals surface area contributed by atoms with Gasteiger partial charge in [0.05, 0.1) is 4.90 Å². The van der Waals surface area contributed by atoms with Crippen molar-refractivity contribution in [2.45, 2.75) is 17.9 Å². The molecular formula is C14H12Br2ClNO2S. The summed E-state index contributed by atoms with van der Waals surface area (Å²) in [4.78, 5) is 0.177. The molecule has 3 nitrogen and oxygen atoms in total. The molecule has 0 spiro atoms. The zero-order valence-corrected chi connectivity index (χ0v) is 15.7. The second-order valence-corrected chi connectivity index (χ2v) is 8.30. The standard InChI is InChI=1S/C14H12Br2ClNO2S/c1-9(11-4-2-3-5-13(11)17)18-21(19,20)14-8-10(15)6-7-12(14)16/h2-9,18H,1H3. The molecule has 2 aromatic carbocycles. The van der Waals surface area contributed by atoms with E-state index < -0.39 is 16.1 Å². The number of halogens is 3. The minimum Gasteiger partial charge on any atom is -0.207 e. The van der Waals surface area contributed by atoms with E-state index in [9.17, 15) is 8.42 Å². The van der Waals surface area contributed by atoms with Gasteiger partial charge in [0, 0.05) is 20.0 Å². The minimum atomic E-state index is -3.66. The smallest absolute Gasteiger partial charge is 0.207 e. The third kappa shape index (κ3) is 4.07. The van der Waals surface area contributed by atoms with Crippen LogP contribution in [0.5, 0.6) is 0 Å². The first kappa shape index (κ1) is 17.0. The van der Waals surface area contributed by atoms with E-state index in [0.717, 1.165) is 5.56 Å². The van der Waals surface area contributed by atoms with Crippen LogP contribution in [0.15, 0.2) is 56.3 Å². The van der Waals surface area contributed by atoms with Crippen LogP contribution in [0, 0.1) is 0 Å². The van der Waals surface area contributed by atoms with Crippen molar-refractivity contribution < 1.29 is 8.42 Å². The summed E-state index contributed by atoms with van der Waals surface area (Å²) in [5.41, 5.74) is 0.730. The Labute approximate surface area is 146 Å². The van der Waals surface area contributed by atoms with Gasteiger partial charge in [-0.1, -0.05) is 45.7 Å². The van der Waals surface area contributed by atoms with Gasteiger partial charge in [-0.15, -0.1) is 0 Å². The molecule has 0 aliphatic heterocycles. The third-order valence-corrected chi connectivity index (χ3v) is 6.26. The van der Waals surface area contributed by atoms with Gasteiger partial charge in [-0.25, -0.2) is 13.1 Å². The van der Waals surface area contributed by atoms with Crippen LogP contribution >= 0.6 is 43.5 Å². The van der Waals surface area contributed by atoms with Crippen molar-refractivity contribution in [3.63, 3.8) is 0 Å². The lowest BCUT2D eigenvalue weighted by Crippen LogP contribution is -2.27. The lowest BCUT2D eigenvalue weighted by atomic mass is 10.1. The molecule has 0 amide bonds. The first-order valence-corrected chi connectivity index (χ1v) is 9.48. The van der Waals surface area contributed by atoms with Crippen LogP contribution in [0.25, 0.3) is 0 Å². The number of nitrogens with one attached hydrogen (secondary N) is 1. The van der Waals surface area contributed by atoms with E-state index in [1.807, 2.05) is 6.07 Å². The molecule has 1 atom stereocenters. The Balaban J connectivity index is 2.34. The number of hydrogen-bond acceptors (Lipinski definition) is 2. The van der Waals surface area contributed by atoms with Crippen LogP contribution in [-0.2, 0) is 10.0 Å². The number of benzene rings is 2. The largest absolute Gasteiger partial charge is 0.242 e. The molecule has 112 valence electrons. The molecule has 0 saturated heterocycles. The van der Waals surface area contributed by atoms with Crippen LogP contribution < -0.4 is 4.72 Å². The maximum Gasteiger partial charge on any atom is 0.242 e. The van der Waals surface area contributed by atoms with Gasteiger partial charge in [-0.05, 0) is 52.7 Å². The van der Waals surface area contributed by atoms with Gasteiger partial charge in [0.15, 0.2) is 0 Å². The highest BCUT2D eigenvalue weighted by Gasteiger charge is 2.22. The Morgan fingerprint density at radius 2 is 1.81 bits per heavy atom. The Hall–Kier alpha value is -0.400. The van der Waals surface area contributed by atoms with E-state index in [1.165, 1.54) is 0 Å². The fourth-order valence-corrected chi connectivity index (χ4v) is 4.89. The zero-order chi connectivity index (χ0) is 15.6. The predicted molar refractivity (Wildman–Crippen MR) is 92.0 cm³/mol. The Kier molecular flexibility index (Phi) is 5.48. The minimum absolute atomic E-state index is 0.177. The van der Waals surface area contributed by atoms with E-state index in [-0.39, 0.29) is 4.90 Å². The summed E-state index contributed by atoms with van der Waals surface area (Å²) in [6.07, 6.45) is 0. The summed E-state index contributed by atoms with van der Waals surface area (Å²) in [6, 6.07) is 11.7. The quantitative estimate of drug-likeness (QED) is 0.715. The maximum atomic E-state index is 12.5. The van der Waals surface area contributed by atoms with Crippen LogP contribution in [0.3, 0.4) is 0 Å². The average molecular weight is 454 g/mol. The Bertz CT molecular complexity index is 765. The normalized spacial score (nSPS) is 13.1. The molecule has 2 aromatic rings. The molecule has 0 aromatic heterocycles. The lowest BCUT2D eigenvalue weighted by Gasteiger charge is -2.16. The van der Waals surface area contributed by atoms with Crippen LogP contribution in [0.4, 0.5) is 0 Å². The van der Waals surface area contributed by atoms with Crippen molar-refractivity contribution in [2.24, 2.45) is 0 Å². The fourth-order valence-electron chi connectivity index (χ4n) is 1.87. The second kappa shape index (κ2) is 6.79. The van der Waals surface area contributed by atoms with E-state index in [1.54, 1.807) is 43.3 Å². The predicted octanol–water partition coefficient (Wildman–Crippen LogP) is 4.90. The van der Waals surface area contributed by atoms with Crippen molar-refractivity contribution >= 4 is 53.5 Å². The van der Waals surface area contributed by atoms with E-state index in [4.69, 9.17) is 11.6 Å². The number of hydrogen-bond donors (Lipinski definition) is 1. The van der Waals surface area contributed by atoms with Crippen molar-refractivity contribution in [1.82, 2.24) is 4.72 Å². The zero-order valence-electron chi connectivity index (χ0n) is 11.0. The van der Waals surface area contributed by atoms with Crippen molar-refractivity contribution in [2.75, 3.05) is 0 Å². The number of sulfonamides is 1. The Morgan fingerprint density at radius 3 is 2.48 bits per heavy atom. The van der Waals surface area contributed by atoms with Gasteiger partial charge in [0.1, 0.15) is 0 Å². The molecule has 0 heterocycles.